The molecule has 2 aromatic rings. The van der Waals surface area contributed by atoms with Crippen molar-refractivity contribution in [2.24, 2.45) is 0 Å². The van der Waals surface area contributed by atoms with Gasteiger partial charge in [-0.2, -0.15) is 4.98 Å². The van der Waals surface area contributed by atoms with E-state index >= 15 is 0 Å². The van der Waals surface area contributed by atoms with Crippen LogP contribution in [-0.2, 0) is 11.2 Å². The molecule has 0 saturated heterocycles. The van der Waals surface area contributed by atoms with Crippen LogP contribution in [-0.4, -0.2) is 16.0 Å². The Hall–Kier alpha value is -2.37. The molecular weight excluding hydrogens is 220 g/mol. The van der Waals surface area contributed by atoms with Crippen molar-refractivity contribution in [3.8, 4) is 0 Å². The lowest BCUT2D eigenvalue weighted by Crippen LogP contribution is -2.15. The summed E-state index contributed by atoms with van der Waals surface area (Å²) in [5.41, 5.74) is 7.09. The standard InChI is InChI=1S/C11H12N4O2/c1-7-13-11(17-15-7)14-10(16)6-8-4-2-3-5-9(8)12/h2-5H,6,12H2,1H3,(H,13,14,15,16). The lowest BCUT2D eigenvalue weighted by atomic mass is 10.1. The topological polar surface area (TPSA) is 94.0 Å². The smallest absolute Gasteiger partial charge is 0.328 e. The lowest BCUT2D eigenvalue weighted by molar-refractivity contribution is -0.115. The number of benzene rings is 1. The molecular formula is C11H12N4O2. The van der Waals surface area contributed by atoms with Crippen molar-refractivity contribution in [1.82, 2.24) is 10.1 Å². The van der Waals surface area contributed by atoms with E-state index in [1.54, 1.807) is 19.1 Å². The summed E-state index contributed by atoms with van der Waals surface area (Å²) in [6.45, 7) is 1.67. The molecule has 3 N–H and O–H groups in total. The van der Waals surface area contributed by atoms with Gasteiger partial charge in [-0.1, -0.05) is 23.4 Å². The highest BCUT2D eigenvalue weighted by Crippen LogP contribution is 2.12. The molecule has 0 radical (unpaired) electrons. The average molecular weight is 232 g/mol. The molecule has 1 aromatic heterocycles. The minimum atomic E-state index is -0.244. The molecule has 6 nitrogen and oxygen atoms in total. The Morgan fingerprint density at radius 2 is 2.24 bits per heavy atom. The number of nitrogens with zero attached hydrogens (tertiary/aromatic N) is 2. The molecule has 88 valence electrons. The maximum absolute atomic E-state index is 11.6. The molecule has 0 spiro atoms. The van der Waals surface area contributed by atoms with Crippen molar-refractivity contribution in [3.05, 3.63) is 35.7 Å². The molecule has 0 unspecified atom stereocenters. The van der Waals surface area contributed by atoms with Gasteiger partial charge in [0.1, 0.15) is 0 Å². The second-order valence-corrected chi connectivity index (χ2v) is 3.57. The van der Waals surface area contributed by atoms with E-state index in [9.17, 15) is 4.79 Å². The highest BCUT2D eigenvalue weighted by Gasteiger charge is 2.09. The zero-order valence-electron chi connectivity index (χ0n) is 9.30. The first kappa shape index (κ1) is 11.1. The van der Waals surface area contributed by atoms with Gasteiger partial charge in [0.2, 0.25) is 5.91 Å². The summed E-state index contributed by atoms with van der Waals surface area (Å²) in [6.07, 6.45) is 0.175. The summed E-state index contributed by atoms with van der Waals surface area (Å²) in [7, 11) is 0. The van der Waals surface area contributed by atoms with E-state index in [-0.39, 0.29) is 18.3 Å². The van der Waals surface area contributed by atoms with Gasteiger partial charge in [0.25, 0.3) is 0 Å². The van der Waals surface area contributed by atoms with Crippen LogP contribution >= 0.6 is 0 Å². The number of rotatable bonds is 3. The third kappa shape index (κ3) is 2.81. The number of amides is 1. The fourth-order valence-corrected chi connectivity index (χ4v) is 1.38. The van der Waals surface area contributed by atoms with Gasteiger partial charge in [-0.25, -0.2) is 0 Å². The second-order valence-electron chi connectivity index (χ2n) is 3.57. The van der Waals surface area contributed by atoms with Crippen molar-refractivity contribution in [2.45, 2.75) is 13.3 Å². The van der Waals surface area contributed by atoms with Crippen molar-refractivity contribution in [2.75, 3.05) is 11.1 Å². The van der Waals surface area contributed by atoms with E-state index in [4.69, 9.17) is 10.3 Å². The first-order chi connectivity index (χ1) is 8.15. The number of hydrogen-bond acceptors (Lipinski definition) is 5. The summed E-state index contributed by atoms with van der Waals surface area (Å²) in [6, 6.07) is 7.29. The van der Waals surface area contributed by atoms with E-state index < -0.39 is 0 Å². The summed E-state index contributed by atoms with van der Waals surface area (Å²) < 4.78 is 4.78. The predicted octanol–water partition coefficient (Wildman–Crippen LogP) is 1.14. The van der Waals surface area contributed by atoms with Gasteiger partial charge in [0.05, 0.1) is 6.42 Å². The number of hydrogen-bond donors (Lipinski definition) is 2. The number of carbonyl (C=O) groups is 1. The van der Waals surface area contributed by atoms with E-state index in [0.29, 0.717) is 11.5 Å². The second kappa shape index (κ2) is 4.65. The number of aryl methyl sites for hydroxylation is 1. The lowest BCUT2D eigenvalue weighted by Gasteiger charge is -2.03. The molecule has 1 aromatic carbocycles. The monoisotopic (exact) mass is 232 g/mol. The molecule has 0 fully saturated rings. The maximum atomic E-state index is 11.6. The van der Waals surface area contributed by atoms with Crippen LogP contribution in [0.15, 0.2) is 28.8 Å². The summed E-state index contributed by atoms with van der Waals surface area (Å²) >= 11 is 0. The maximum Gasteiger partial charge on any atom is 0.328 e. The molecule has 17 heavy (non-hydrogen) atoms. The van der Waals surface area contributed by atoms with Gasteiger partial charge in [0, 0.05) is 5.69 Å². The molecule has 0 bridgehead atoms. The summed E-state index contributed by atoms with van der Waals surface area (Å²) in [5, 5.41) is 6.07. The third-order valence-electron chi connectivity index (χ3n) is 2.18. The van der Waals surface area contributed by atoms with Crippen LogP contribution in [0.4, 0.5) is 11.7 Å². The Labute approximate surface area is 97.8 Å². The Morgan fingerprint density at radius 3 is 2.88 bits per heavy atom. The summed E-state index contributed by atoms with van der Waals surface area (Å²) in [4.78, 5) is 15.5. The minimum absolute atomic E-state index is 0.0991. The quantitative estimate of drug-likeness (QED) is 0.774. The highest BCUT2D eigenvalue weighted by atomic mass is 16.5. The zero-order chi connectivity index (χ0) is 12.3. The number of nitrogens with two attached hydrogens (primary N) is 1. The van der Waals surface area contributed by atoms with Crippen LogP contribution in [0.5, 0.6) is 0 Å². The fourth-order valence-electron chi connectivity index (χ4n) is 1.38. The largest absolute Gasteiger partial charge is 0.398 e. The van der Waals surface area contributed by atoms with E-state index in [1.807, 2.05) is 12.1 Å². The fraction of sp³-hybridized carbons (Fsp3) is 0.182. The SMILES string of the molecule is Cc1noc(NC(=O)Cc2ccccc2N)n1. The minimum Gasteiger partial charge on any atom is -0.398 e. The number of carbonyl (C=O) groups excluding carboxylic acids is 1. The van der Waals surface area contributed by atoms with Crippen molar-refractivity contribution in [1.29, 1.82) is 0 Å². The molecule has 0 aliphatic heterocycles. The Bertz CT molecular complexity index is 536. The summed E-state index contributed by atoms with van der Waals surface area (Å²) in [5.74, 6) is 0.228. The number of anilines is 2. The van der Waals surface area contributed by atoms with Crippen LogP contribution in [0.25, 0.3) is 0 Å². The van der Waals surface area contributed by atoms with E-state index in [0.717, 1.165) is 5.56 Å². The number of para-hydroxylation sites is 1. The van der Waals surface area contributed by atoms with Gasteiger partial charge < -0.3 is 10.3 Å². The molecule has 1 amide bonds. The molecule has 6 heteroatoms. The highest BCUT2D eigenvalue weighted by molar-refractivity contribution is 5.91. The first-order valence-electron chi connectivity index (χ1n) is 5.08. The zero-order valence-corrected chi connectivity index (χ0v) is 9.30. The van der Waals surface area contributed by atoms with Crippen molar-refractivity contribution >= 4 is 17.6 Å². The molecule has 0 aliphatic carbocycles. The van der Waals surface area contributed by atoms with Gasteiger partial charge >= 0.3 is 6.01 Å². The molecule has 2 rings (SSSR count). The third-order valence-corrected chi connectivity index (χ3v) is 2.18. The Kier molecular flexibility index (Phi) is 3.04. The van der Waals surface area contributed by atoms with Crippen LogP contribution < -0.4 is 11.1 Å². The van der Waals surface area contributed by atoms with Crippen LogP contribution in [0.3, 0.4) is 0 Å². The number of aromatic nitrogens is 2. The van der Waals surface area contributed by atoms with Gasteiger partial charge in [-0.05, 0) is 18.6 Å². The predicted molar refractivity (Wildman–Crippen MR) is 62.2 cm³/mol. The molecule has 0 aliphatic rings. The van der Waals surface area contributed by atoms with Gasteiger partial charge in [-0.15, -0.1) is 0 Å². The van der Waals surface area contributed by atoms with Gasteiger partial charge in [-0.3, -0.25) is 10.1 Å². The molecule has 0 atom stereocenters. The molecule has 0 saturated carbocycles. The first-order valence-corrected chi connectivity index (χ1v) is 5.08. The molecule has 1 heterocycles. The van der Waals surface area contributed by atoms with Crippen LogP contribution in [0.2, 0.25) is 0 Å². The van der Waals surface area contributed by atoms with E-state index in [1.165, 1.54) is 0 Å². The normalized spacial score (nSPS) is 10.2. The number of nitrogens with one attached hydrogen (secondary N) is 1. The Balaban J connectivity index is 2.01. The van der Waals surface area contributed by atoms with Crippen molar-refractivity contribution < 1.29 is 9.32 Å². The average Bonchev–Trinajstić information content (AvgIpc) is 2.67. The number of nitrogen functional groups attached to an aromatic ring is 1. The van der Waals surface area contributed by atoms with Crippen molar-refractivity contribution in [3.63, 3.8) is 0 Å². The van der Waals surface area contributed by atoms with Gasteiger partial charge in [0.15, 0.2) is 5.82 Å². The Morgan fingerprint density at radius 1 is 1.47 bits per heavy atom. The van der Waals surface area contributed by atoms with Crippen LogP contribution in [0, 0.1) is 6.92 Å². The van der Waals surface area contributed by atoms with Crippen LogP contribution in [0.1, 0.15) is 11.4 Å². The van der Waals surface area contributed by atoms with E-state index in [2.05, 4.69) is 15.5 Å².